The van der Waals surface area contributed by atoms with Crippen LogP contribution in [0.4, 0.5) is 9.18 Å². The first kappa shape index (κ1) is 31.7. The number of likely N-dealkylation sites (tertiary alicyclic amines) is 1. The standard InChI is InChI=1S/C30H38FN7O7/c1-19(31)26(29(42)35-13-15-36(16-14-35)30(43)44)33-27(40)22-17-25(38(34-22)21-9-3-2-4-10-21)45-18-24(39)37-12-6-11-23(37)28(41)32-20-7-5-8-20/h2-4,9-10,17,19-20,23,26H,5-8,11-16,18H2,1H3,(H,32,41)(H,33,40)(H,43,44)/t19?,23-,26?/m0/s1. The Labute approximate surface area is 259 Å². The molecule has 3 atom stereocenters. The molecule has 5 amide bonds. The van der Waals surface area contributed by atoms with Crippen molar-refractivity contribution in [3.63, 3.8) is 0 Å². The first-order chi connectivity index (χ1) is 21.6. The van der Waals surface area contributed by atoms with Crippen molar-refractivity contribution in [1.82, 2.24) is 35.1 Å². The number of benzene rings is 1. The summed E-state index contributed by atoms with van der Waals surface area (Å²) in [6.45, 7) is 1.46. The number of nitrogens with one attached hydrogen (secondary N) is 2. The van der Waals surface area contributed by atoms with Gasteiger partial charge < -0.3 is 35.2 Å². The Hall–Kier alpha value is -4.69. The summed E-state index contributed by atoms with van der Waals surface area (Å²) in [6, 6.07) is 8.11. The highest BCUT2D eigenvalue weighted by molar-refractivity contribution is 5.96. The van der Waals surface area contributed by atoms with E-state index in [2.05, 4.69) is 15.7 Å². The van der Waals surface area contributed by atoms with E-state index in [1.54, 1.807) is 30.3 Å². The van der Waals surface area contributed by atoms with Crippen LogP contribution in [0.15, 0.2) is 36.4 Å². The van der Waals surface area contributed by atoms with Crippen LogP contribution in [0.1, 0.15) is 49.5 Å². The zero-order chi connectivity index (χ0) is 32.1. The molecule has 5 rings (SSSR count). The highest BCUT2D eigenvalue weighted by Gasteiger charge is 2.37. The van der Waals surface area contributed by atoms with Gasteiger partial charge in [0.1, 0.15) is 18.3 Å². The minimum absolute atomic E-state index is 0.0651. The van der Waals surface area contributed by atoms with E-state index in [9.17, 15) is 28.4 Å². The Bertz CT molecular complexity index is 1410. The molecule has 3 heterocycles. The molecule has 3 aliphatic rings. The molecule has 242 valence electrons. The van der Waals surface area contributed by atoms with Crippen molar-refractivity contribution in [2.75, 3.05) is 39.3 Å². The van der Waals surface area contributed by atoms with Gasteiger partial charge >= 0.3 is 6.09 Å². The Balaban J connectivity index is 1.27. The molecule has 3 fully saturated rings. The van der Waals surface area contributed by atoms with E-state index in [0.717, 1.165) is 31.1 Å². The largest absolute Gasteiger partial charge is 0.467 e. The number of nitrogens with zero attached hydrogens (tertiary/aromatic N) is 5. The van der Waals surface area contributed by atoms with Crippen LogP contribution in [-0.2, 0) is 14.4 Å². The van der Waals surface area contributed by atoms with E-state index in [1.807, 2.05) is 0 Å². The highest BCUT2D eigenvalue weighted by atomic mass is 19.1. The SMILES string of the molecule is CC(F)C(NC(=O)c1cc(OCC(=O)N2CCC[C@H]2C(=O)NC2CCC2)n(-c2ccccc2)n1)C(=O)N1CCN(C(=O)O)CC1. The van der Waals surface area contributed by atoms with Crippen molar-refractivity contribution >= 4 is 29.7 Å². The fraction of sp³-hybridized carbons (Fsp3) is 0.533. The van der Waals surface area contributed by atoms with E-state index >= 15 is 0 Å². The van der Waals surface area contributed by atoms with Crippen molar-refractivity contribution in [3.8, 4) is 11.6 Å². The molecular weight excluding hydrogens is 589 g/mol. The molecular formula is C30H38FN7O7. The number of hydrogen-bond donors (Lipinski definition) is 3. The minimum Gasteiger partial charge on any atom is -0.467 e. The van der Waals surface area contributed by atoms with Gasteiger partial charge in [-0.3, -0.25) is 19.2 Å². The predicted molar refractivity (Wildman–Crippen MR) is 158 cm³/mol. The molecule has 0 radical (unpaired) electrons. The summed E-state index contributed by atoms with van der Waals surface area (Å²) in [6.07, 6.45) is 1.38. The summed E-state index contributed by atoms with van der Waals surface area (Å²) in [4.78, 5) is 67.6. The number of aromatic nitrogens is 2. The maximum Gasteiger partial charge on any atom is 0.407 e. The van der Waals surface area contributed by atoms with Crippen LogP contribution in [0.5, 0.6) is 5.88 Å². The second kappa shape index (κ2) is 13.9. The lowest BCUT2D eigenvalue weighted by atomic mass is 9.93. The van der Waals surface area contributed by atoms with Gasteiger partial charge in [0.25, 0.3) is 11.8 Å². The lowest BCUT2D eigenvalue weighted by Crippen LogP contribution is -2.57. The quantitative estimate of drug-likeness (QED) is 0.353. The molecule has 2 aromatic rings. The summed E-state index contributed by atoms with van der Waals surface area (Å²) >= 11 is 0. The van der Waals surface area contributed by atoms with Crippen LogP contribution < -0.4 is 15.4 Å². The van der Waals surface area contributed by atoms with E-state index < -0.39 is 42.8 Å². The smallest absolute Gasteiger partial charge is 0.407 e. The first-order valence-electron chi connectivity index (χ1n) is 15.2. The van der Waals surface area contributed by atoms with Gasteiger partial charge in [-0.05, 0) is 51.2 Å². The third-order valence-electron chi connectivity index (χ3n) is 8.45. The Morgan fingerprint density at radius 2 is 1.69 bits per heavy atom. The van der Waals surface area contributed by atoms with Gasteiger partial charge in [-0.1, -0.05) is 18.2 Å². The average Bonchev–Trinajstić information content (AvgIpc) is 3.68. The van der Waals surface area contributed by atoms with Gasteiger partial charge in [0.2, 0.25) is 17.7 Å². The van der Waals surface area contributed by atoms with Gasteiger partial charge in [0.05, 0.1) is 5.69 Å². The van der Waals surface area contributed by atoms with Crippen molar-refractivity contribution in [2.24, 2.45) is 0 Å². The van der Waals surface area contributed by atoms with Crippen LogP contribution in [0.25, 0.3) is 5.69 Å². The minimum atomic E-state index is -1.75. The molecule has 15 heteroatoms. The molecule has 3 N–H and O–H groups in total. The van der Waals surface area contributed by atoms with Crippen LogP contribution in [0, 0.1) is 0 Å². The third kappa shape index (κ3) is 7.35. The molecule has 1 aromatic heterocycles. The number of carboxylic acid groups (broad SMARTS) is 1. The van der Waals surface area contributed by atoms with E-state index in [-0.39, 0.29) is 55.6 Å². The average molecular weight is 628 g/mol. The number of amides is 5. The number of alkyl halides is 1. The normalized spacial score (nSPS) is 19.8. The number of halogens is 1. The second-order valence-electron chi connectivity index (χ2n) is 11.5. The lowest BCUT2D eigenvalue weighted by Gasteiger charge is -2.35. The van der Waals surface area contributed by atoms with Crippen LogP contribution >= 0.6 is 0 Å². The summed E-state index contributed by atoms with van der Waals surface area (Å²) in [7, 11) is 0. The fourth-order valence-electron chi connectivity index (χ4n) is 5.64. The molecule has 1 aromatic carbocycles. The van der Waals surface area contributed by atoms with Gasteiger partial charge in [0.15, 0.2) is 12.3 Å². The van der Waals surface area contributed by atoms with Gasteiger partial charge in [-0.15, -0.1) is 0 Å². The first-order valence-corrected chi connectivity index (χ1v) is 15.2. The molecule has 1 aliphatic carbocycles. The zero-order valence-corrected chi connectivity index (χ0v) is 25.1. The number of piperazine rings is 1. The Morgan fingerprint density at radius 3 is 2.31 bits per heavy atom. The molecule has 14 nitrogen and oxygen atoms in total. The maximum atomic E-state index is 14.7. The van der Waals surface area contributed by atoms with E-state index in [1.165, 1.54) is 20.5 Å². The molecule has 2 saturated heterocycles. The Kier molecular flexibility index (Phi) is 9.83. The van der Waals surface area contributed by atoms with E-state index in [4.69, 9.17) is 9.84 Å². The number of carbonyl (C=O) groups is 5. The third-order valence-corrected chi connectivity index (χ3v) is 8.45. The van der Waals surface area contributed by atoms with Crippen LogP contribution in [0.3, 0.4) is 0 Å². The van der Waals surface area contributed by atoms with Gasteiger partial charge in [-0.2, -0.15) is 5.10 Å². The summed E-state index contributed by atoms with van der Waals surface area (Å²) < 4.78 is 21.8. The second-order valence-corrected chi connectivity index (χ2v) is 11.5. The number of para-hydroxylation sites is 1. The number of ether oxygens (including phenoxy) is 1. The molecule has 2 unspecified atom stereocenters. The van der Waals surface area contributed by atoms with Gasteiger partial charge in [0, 0.05) is 44.8 Å². The molecule has 2 aliphatic heterocycles. The molecule has 0 spiro atoms. The molecule has 45 heavy (non-hydrogen) atoms. The molecule has 0 bridgehead atoms. The number of hydrogen-bond acceptors (Lipinski definition) is 7. The number of carbonyl (C=O) groups excluding carboxylic acids is 4. The molecule has 1 saturated carbocycles. The van der Waals surface area contributed by atoms with E-state index in [0.29, 0.717) is 25.1 Å². The Morgan fingerprint density at radius 1 is 1.00 bits per heavy atom. The lowest BCUT2D eigenvalue weighted by molar-refractivity contribution is -0.140. The van der Waals surface area contributed by atoms with Crippen molar-refractivity contribution < 1.29 is 38.2 Å². The van der Waals surface area contributed by atoms with Crippen molar-refractivity contribution in [1.29, 1.82) is 0 Å². The topological polar surface area (TPSA) is 166 Å². The zero-order valence-electron chi connectivity index (χ0n) is 25.1. The van der Waals surface area contributed by atoms with Crippen LogP contribution in [0.2, 0.25) is 0 Å². The summed E-state index contributed by atoms with van der Waals surface area (Å²) in [5, 5.41) is 18.9. The van der Waals surface area contributed by atoms with Crippen LogP contribution in [-0.4, -0.2) is 123 Å². The summed E-state index contributed by atoms with van der Waals surface area (Å²) in [5.74, 6) is -1.98. The maximum absolute atomic E-state index is 14.7. The monoisotopic (exact) mass is 627 g/mol. The highest BCUT2D eigenvalue weighted by Crippen LogP contribution is 2.24. The van der Waals surface area contributed by atoms with Crippen molar-refractivity contribution in [2.45, 2.75) is 63.3 Å². The fourth-order valence-corrected chi connectivity index (χ4v) is 5.64. The van der Waals surface area contributed by atoms with Gasteiger partial charge in [-0.25, -0.2) is 13.9 Å². The summed E-state index contributed by atoms with van der Waals surface area (Å²) in [5.41, 5.74) is 0.357. The predicted octanol–water partition coefficient (Wildman–Crippen LogP) is 1.19. The van der Waals surface area contributed by atoms with Crippen molar-refractivity contribution in [3.05, 3.63) is 42.1 Å². The number of rotatable bonds is 10.